The molecule has 0 saturated carbocycles. The maximum atomic E-state index is 12.8. The molecule has 1 heterocycles. The number of hydrogen-bond donors (Lipinski definition) is 1. The van der Waals surface area contributed by atoms with Gasteiger partial charge in [-0.15, -0.1) is 0 Å². The van der Waals surface area contributed by atoms with Crippen LogP contribution in [0.2, 0.25) is 5.02 Å². The SMILES string of the molecule is CS(=O)(=O)c1ccc(C=C2C(=O)NC(=S)N(c3ccc(Cl)cc3)C2=O)cc1. The summed E-state index contributed by atoms with van der Waals surface area (Å²) < 4.78 is 23.1. The van der Waals surface area contributed by atoms with Gasteiger partial charge in [0.1, 0.15) is 5.57 Å². The molecule has 1 saturated heterocycles. The van der Waals surface area contributed by atoms with Crippen LogP contribution < -0.4 is 10.2 Å². The van der Waals surface area contributed by atoms with Crippen molar-refractivity contribution in [1.29, 1.82) is 0 Å². The molecule has 2 aromatic rings. The zero-order valence-electron chi connectivity index (χ0n) is 14.0. The highest BCUT2D eigenvalue weighted by atomic mass is 35.5. The molecule has 0 bridgehead atoms. The molecule has 1 fully saturated rings. The van der Waals surface area contributed by atoms with E-state index in [4.69, 9.17) is 23.8 Å². The van der Waals surface area contributed by atoms with Crippen LogP contribution in [-0.4, -0.2) is 31.6 Å². The van der Waals surface area contributed by atoms with Gasteiger partial charge >= 0.3 is 0 Å². The standard InChI is InChI=1S/C18H13ClN2O4S2/c1-27(24,25)14-8-2-11(3-9-14)10-15-16(22)20-18(26)21(17(15)23)13-6-4-12(19)5-7-13/h2-10H,1H3,(H,20,22,26). The van der Waals surface area contributed by atoms with Crippen LogP contribution in [-0.2, 0) is 19.4 Å². The normalized spacial score (nSPS) is 16.6. The number of benzene rings is 2. The van der Waals surface area contributed by atoms with Crippen LogP contribution in [0.3, 0.4) is 0 Å². The highest BCUT2D eigenvalue weighted by Gasteiger charge is 2.34. The molecule has 6 nitrogen and oxygen atoms in total. The lowest BCUT2D eigenvalue weighted by Gasteiger charge is -2.28. The number of thiocarbonyl (C=S) groups is 1. The van der Waals surface area contributed by atoms with Gasteiger partial charge < -0.3 is 0 Å². The molecule has 0 unspecified atom stereocenters. The lowest BCUT2D eigenvalue weighted by molar-refractivity contribution is -0.122. The summed E-state index contributed by atoms with van der Waals surface area (Å²) in [6.07, 6.45) is 2.48. The van der Waals surface area contributed by atoms with Crippen molar-refractivity contribution >= 4 is 62.3 Å². The number of amides is 2. The van der Waals surface area contributed by atoms with Gasteiger partial charge in [0.05, 0.1) is 10.6 Å². The highest BCUT2D eigenvalue weighted by molar-refractivity contribution is 7.90. The van der Waals surface area contributed by atoms with Crippen molar-refractivity contribution in [2.24, 2.45) is 0 Å². The van der Waals surface area contributed by atoms with Gasteiger partial charge in [0, 0.05) is 11.3 Å². The summed E-state index contributed by atoms with van der Waals surface area (Å²) in [6, 6.07) is 12.3. The summed E-state index contributed by atoms with van der Waals surface area (Å²) >= 11 is 11.0. The molecule has 2 amide bonds. The Labute approximate surface area is 166 Å². The first-order valence-corrected chi connectivity index (χ1v) is 10.3. The van der Waals surface area contributed by atoms with Crippen LogP contribution in [0.15, 0.2) is 59.0 Å². The van der Waals surface area contributed by atoms with Crippen molar-refractivity contribution in [3.63, 3.8) is 0 Å². The Balaban J connectivity index is 1.97. The average Bonchev–Trinajstić information content (AvgIpc) is 2.60. The fraction of sp³-hybridized carbons (Fsp3) is 0.0556. The molecule has 138 valence electrons. The number of rotatable bonds is 3. The molecule has 1 aliphatic heterocycles. The van der Waals surface area contributed by atoms with E-state index in [1.54, 1.807) is 24.3 Å². The van der Waals surface area contributed by atoms with E-state index in [-0.39, 0.29) is 15.6 Å². The van der Waals surface area contributed by atoms with Crippen molar-refractivity contribution in [3.8, 4) is 0 Å². The number of carbonyl (C=O) groups excluding carboxylic acids is 2. The van der Waals surface area contributed by atoms with Crippen LogP contribution in [0, 0.1) is 0 Å². The predicted molar refractivity (Wildman–Crippen MR) is 107 cm³/mol. The van der Waals surface area contributed by atoms with E-state index in [2.05, 4.69) is 5.32 Å². The molecule has 0 spiro atoms. The van der Waals surface area contributed by atoms with Crippen LogP contribution in [0.25, 0.3) is 6.08 Å². The summed E-state index contributed by atoms with van der Waals surface area (Å²) in [7, 11) is -3.33. The first kappa shape index (κ1) is 19.2. The van der Waals surface area contributed by atoms with Crippen molar-refractivity contribution in [3.05, 3.63) is 64.7 Å². The average molecular weight is 421 g/mol. The highest BCUT2D eigenvalue weighted by Crippen LogP contribution is 2.24. The zero-order chi connectivity index (χ0) is 19.8. The Hall–Kier alpha value is -2.55. The molecule has 2 aromatic carbocycles. The van der Waals surface area contributed by atoms with Crippen molar-refractivity contribution in [2.45, 2.75) is 4.90 Å². The van der Waals surface area contributed by atoms with Crippen molar-refractivity contribution in [1.82, 2.24) is 5.32 Å². The van der Waals surface area contributed by atoms with Crippen molar-refractivity contribution < 1.29 is 18.0 Å². The third-order valence-corrected chi connectivity index (χ3v) is 5.47. The van der Waals surface area contributed by atoms with Gasteiger partial charge in [0.15, 0.2) is 14.9 Å². The Morgan fingerprint density at radius 3 is 2.19 bits per heavy atom. The lowest BCUT2D eigenvalue weighted by Crippen LogP contribution is -2.54. The summed E-state index contributed by atoms with van der Waals surface area (Å²) in [5, 5.41) is 2.95. The Bertz CT molecular complexity index is 1080. The molecule has 0 aliphatic carbocycles. The molecule has 3 rings (SSSR count). The summed E-state index contributed by atoms with van der Waals surface area (Å²) in [6.45, 7) is 0. The van der Waals surface area contributed by atoms with E-state index in [1.165, 1.54) is 35.2 Å². The Kier molecular flexibility index (Phi) is 5.14. The molecule has 0 aromatic heterocycles. The monoisotopic (exact) mass is 420 g/mol. The van der Waals surface area contributed by atoms with Gasteiger partial charge in [-0.3, -0.25) is 19.8 Å². The molecule has 9 heteroatoms. The zero-order valence-corrected chi connectivity index (χ0v) is 16.4. The van der Waals surface area contributed by atoms with Crippen LogP contribution in [0.1, 0.15) is 5.56 Å². The first-order valence-electron chi connectivity index (χ1n) is 7.64. The van der Waals surface area contributed by atoms with Crippen molar-refractivity contribution in [2.75, 3.05) is 11.2 Å². The third-order valence-electron chi connectivity index (χ3n) is 3.81. The summed E-state index contributed by atoms with van der Waals surface area (Å²) in [5.41, 5.74) is 0.850. The Morgan fingerprint density at radius 1 is 1.04 bits per heavy atom. The third kappa shape index (κ3) is 4.08. The number of hydrogen-bond acceptors (Lipinski definition) is 5. The fourth-order valence-electron chi connectivity index (χ4n) is 2.46. The van der Waals surface area contributed by atoms with E-state index in [0.717, 1.165) is 6.26 Å². The number of sulfone groups is 1. The molecule has 1 N–H and O–H groups in total. The van der Waals surface area contributed by atoms with Crippen LogP contribution in [0.4, 0.5) is 5.69 Å². The maximum absolute atomic E-state index is 12.8. The van der Waals surface area contributed by atoms with E-state index >= 15 is 0 Å². The van der Waals surface area contributed by atoms with Crippen LogP contribution in [0.5, 0.6) is 0 Å². The lowest BCUT2D eigenvalue weighted by atomic mass is 10.1. The summed E-state index contributed by atoms with van der Waals surface area (Å²) in [5.74, 6) is -1.21. The number of nitrogens with one attached hydrogen (secondary N) is 1. The van der Waals surface area contributed by atoms with Gasteiger partial charge in [-0.25, -0.2) is 8.42 Å². The van der Waals surface area contributed by atoms with Gasteiger partial charge in [-0.2, -0.15) is 0 Å². The quantitative estimate of drug-likeness (QED) is 0.468. The van der Waals surface area contributed by atoms with Gasteiger partial charge in [0.2, 0.25) is 0 Å². The second-order valence-electron chi connectivity index (χ2n) is 5.78. The second-order valence-corrected chi connectivity index (χ2v) is 8.61. The fourth-order valence-corrected chi connectivity index (χ4v) is 3.50. The smallest absolute Gasteiger partial charge is 0.270 e. The van der Waals surface area contributed by atoms with Gasteiger partial charge in [-0.05, 0) is 60.3 Å². The first-order chi connectivity index (χ1) is 12.7. The largest absolute Gasteiger partial charge is 0.298 e. The van der Waals surface area contributed by atoms with Crippen LogP contribution >= 0.6 is 23.8 Å². The molecular weight excluding hydrogens is 408 g/mol. The minimum atomic E-state index is -3.33. The minimum Gasteiger partial charge on any atom is -0.298 e. The number of anilines is 1. The molecule has 0 atom stereocenters. The molecule has 27 heavy (non-hydrogen) atoms. The molecule has 1 aliphatic rings. The van der Waals surface area contributed by atoms with E-state index in [0.29, 0.717) is 16.3 Å². The van der Waals surface area contributed by atoms with E-state index < -0.39 is 21.7 Å². The van der Waals surface area contributed by atoms with Gasteiger partial charge in [-0.1, -0.05) is 23.7 Å². The number of nitrogens with zero attached hydrogens (tertiary/aromatic N) is 1. The number of halogens is 1. The Morgan fingerprint density at radius 2 is 1.63 bits per heavy atom. The van der Waals surface area contributed by atoms with E-state index in [1.807, 2.05) is 0 Å². The topological polar surface area (TPSA) is 83.6 Å². The second kappa shape index (κ2) is 7.22. The minimum absolute atomic E-state index is 0.0307. The molecular formula is C18H13ClN2O4S2. The predicted octanol–water partition coefficient (Wildman–Crippen LogP) is 2.57. The molecule has 0 radical (unpaired) electrons. The van der Waals surface area contributed by atoms with E-state index in [9.17, 15) is 18.0 Å². The summed E-state index contributed by atoms with van der Waals surface area (Å²) in [4.78, 5) is 26.4. The number of carbonyl (C=O) groups is 2. The van der Waals surface area contributed by atoms with Gasteiger partial charge in [0.25, 0.3) is 11.8 Å². The maximum Gasteiger partial charge on any atom is 0.270 e.